The van der Waals surface area contributed by atoms with Crippen LogP contribution in [0.5, 0.6) is 5.75 Å². The molecular formula is C21H26N4O4. The van der Waals surface area contributed by atoms with Gasteiger partial charge in [0, 0.05) is 32.1 Å². The van der Waals surface area contributed by atoms with Gasteiger partial charge in [-0.15, -0.1) is 0 Å². The zero-order valence-corrected chi connectivity index (χ0v) is 16.9. The number of carbonyl (C=O) groups excluding carboxylic acids is 1. The van der Waals surface area contributed by atoms with E-state index in [1.54, 1.807) is 31.1 Å². The van der Waals surface area contributed by atoms with E-state index in [1.807, 2.05) is 31.2 Å². The van der Waals surface area contributed by atoms with Crippen LogP contribution in [0.3, 0.4) is 0 Å². The van der Waals surface area contributed by atoms with Crippen LogP contribution in [0.15, 0.2) is 47.6 Å². The minimum absolute atomic E-state index is 0.0133. The van der Waals surface area contributed by atoms with Gasteiger partial charge in [0.2, 0.25) is 5.91 Å². The fourth-order valence-corrected chi connectivity index (χ4v) is 2.75. The maximum Gasteiger partial charge on any atom is 0.293 e. The third-order valence-electron chi connectivity index (χ3n) is 4.18. The van der Waals surface area contributed by atoms with Gasteiger partial charge in [-0.2, -0.15) is 5.10 Å². The van der Waals surface area contributed by atoms with E-state index < -0.39 is 4.92 Å². The quantitative estimate of drug-likeness (QED) is 0.375. The molecule has 1 amide bonds. The van der Waals surface area contributed by atoms with Crippen LogP contribution in [0.2, 0.25) is 0 Å². The number of hydrogen-bond acceptors (Lipinski definition) is 6. The Morgan fingerprint density at radius 2 is 1.97 bits per heavy atom. The van der Waals surface area contributed by atoms with Crippen molar-refractivity contribution in [2.24, 2.45) is 5.10 Å². The van der Waals surface area contributed by atoms with Gasteiger partial charge in [-0.3, -0.25) is 14.9 Å². The smallest absolute Gasteiger partial charge is 0.293 e. The Hall–Kier alpha value is -3.42. The minimum Gasteiger partial charge on any atom is -0.494 e. The van der Waals surface area contributed by atoms with Crippen molar-refractivity contribution in [1.29, 1.82) is 0 Å². The number of hydrogen-bond donors (Lipinski definition) is 1. The molecule has 2 rings (SSSR count). The van der Waals surface area contributed by atoms with E-state index >= 15 is 0 Å². The van der Waals surface area contributed by atoms with Gasteiger partial charge in [-0.1, -0.05) is 18.2 Å². The molecule has 0 aromatic heterocycles. The summed E-state index contributed by atoms with van der Waals surface area (Å²) in [4.78, 5) is 24.4. The molecule has 0 bridgehead atoms. The summed E-state index contributed by atoms with van der Waals surface area (Å²) in [6.45, 7) is 2.57. The van der Waals surface area contributed by atoms with Gasteiger partial charge in [-0.05, 0) is 43.5 Å². The standard InChI is InChI=1S/C21H26N4O4/c1-4-29-18-11-8-16(9-12-18)6-5-7-21(26)23-22-15-17-10-13-19(24(2)3)20(14-17)25(27)28/h8-15H,4-7H2,1-3H3,(H,23,26)/b22-15-. The van der Waals surface area contributed by atoms with E-state index in [1.165, 1.54) is 12.3 Å². The van der Waals surface area contributed by atoms with E-state index in [-0.39, 0.29) is 11.6 Å². The van der Waals surface area contributed by atoms with Crippen molar-refractivity contribution in [3.63, 3.8) is 0 Å². The molecule has 2 aromatic rings. The summed E-state index contributed by atoms with van der Waals surface area (Å²) < 4.78 is 5.40. The number of hydrazone groups is 1. The zero-order chi connectivity index (χ0) is 21.2. The number of nitro groups is 1. The van der Waals surface area contributed by atoms with Crippen molar-refractivity contribution in [2.45, 2.75) is 26.2 Å². The second-order valence-electron chi connectivity index (χ2n) is 6.62. The first-order valence-electron chi connectivity index (χ1n) is 9.40. The Kier molecular flexibility index (Phi) is 8.14. The summed E-state index contributed by atoms with van der Waals surface area (Å²) >= 11 is 0. The maximum atomic E-state index is 11.9. The van der Waals surface area contributed by atoms with Crippen LogP contribution in [0.4, 0.5) is 11.4 Å². The van der Waals surface area contributed by atoms with Crippen LogP contribution in [0.25, 0.3) is 0 Å². The third kappa shape index (κ3) is 6.91. The largest absolute Gasteiger partial charge is 0.494 e. The number of carbonyl (C=O) groups is 1. The molecule has 154 valence electrons. The molecule has 0 saturated heterocycles. The maximum absolute atomic E-state index is 11.9. The van der Waals surface area contributed by atoms with Crippen molar-refractivity contribution in [3.8, 4) is 5.75 Å². The molecule has 0 atom stereocenters. The van der Waals surface area contributed by atoms with Crippen molar-refractivity contribution < 1.29 is 14.5 Å². The Balaban J connectivity index is 1.82. The van der Waals surface area contributed by atoms with Crippen molar-refractivity contribution >= 4 is 23.5 Å². The number of nitrogens with one attached hydrogen (secondary N) is 1. The summed E-state index contributed by atoms with van der Waals surface area (Å²) in [6, 6.07) is 12.6. The van der Waals surface area contributed by atoms with Crippen molar-refractivity contribution in [3.05, 3.63) is 63.7 Å². The van der Waals surface area contributed by atoms with Crippen LogP contribution in [-0.4, -0.2) is 37.7 Å². The zero-order valence-electron chi connectivity index (χ0n) is 16.9. The van der Waals surface area contributed by atoms with Gasteiger partial charge in [0.25, 0.3) is 5.69 Å². The van der Waals surface area contributed by atoms with E-state index in [0.29, 0.717) is 30.7 Å². The third-order valence-corrected chi connectivity index (χ3v) is 4.18. The van der Waals surface area contributed by atoms with Gasteiger partial charge in [0.15, 0.2) is 0 Å². The number of anilines is 1. The van der Waals surface area contributed by atoms with Crippen LogP contribution >= 0.6 is 0 Å². The molecule has 0 aliphatic rings. The topological polar surface area (TPSA) is 97.1 Å². The molecular weight excluding hydrogens is 372 g/mol. The number of amides is 1. The normalized spacial score (nSPS) is 10.7. The molecule has 0 fully saturated rings. The first kappa shape index (κ1) is 21.9. The molecule has 0 spiro atoms. The molecule has 1 N–H and O–H groups in total. The summed E-state index contributed by atoms with van der Waals surface area (Å²) in [5, 5.41) is 15.1. The predicted octanol–water partition coefficient (Wildman–Crippen LogP) is 3.53. The molecule has 2 aromatic carbocycles. The summed E-state index contributed by atoms with van der Waals surface area (Å²) in [7, 11) is 3.48. The molecule has 0 unspecified atom stereocenters. The Morgan fingerprint density at radius 1 is 1.24 bits per heavy atom. The van der Waals surface area contributed by atoms with Crippen molar-refractivity contribution in [2.75, 3.05) is 25.6 Å². The lowest BCUT2D eigenvalue weighted by molar-refractivity contribution is -0.384. The number of nitro benzene ring substituents is 1. The van der Waals surface area contributed by atoms with Crippen LogP contribution in [0, 0.1) is 10.1 Å². The summed E-state index contributed by atoms with van der Waals surface area (Å²) in [6.07, 6.45) is 3.21. The van der Waals surface area contributed by atoms with Gasteiger partial charge >= 0.3 is 0 Å². The molecule has 8 nitrogen and oxygen atoms in total. The first-order valence-corrected chi connectivity index (χ1v) is 9.40. The van der Waals surface area contributed by atoms with Gasteiger partial charge in [0.05, 0.1) is 17.7 Å². The fraction of sp³-hybridized carbons (Fsp3) is 0.333. The van der Waals surface area contributed by atoms with Crippen LogP contribution in [0.1, 0.15) is 30.9 Å². The molecule has 29 heavy (non-hydrogen) atoms. The van der Waals surface area contributed by atoms with Crippen LogP contribution < -0.4 is 15.1 Å². The second-order valence-corrected chi connectivity index (χ2v) is 6.62. The molecule has 0 saturated carbocycles. The van der Waals surface area contributed by atoms with Crippen molar-refractivity contribution in [1.82, 2.24) is 5.43 Å². The molecule has 0 heterocycles. The van der Waals surface area contributed by atoms with E-state index in [2.05, 4.69) is 10.5 Å². The first-order chi connectivity index (χ1) is 13.9. The lowest BCUT2D eigenvalue weighted by atomic mass is 10.1. The Morgan fingerprint density at radius 3 is 2.59 bits per heavy atom. The second kappa shape index (κ2) is 10.8. The van der Waals surface area contributed by atoms with Crippen LogP contribution in [-0.2, 0) is 11.2 Å². The summed E-state index contributed by atoms with van der Waals surface area (Å²) in [5.74, 6) is 0.633. The minimum atomic E-state index is -0.438. The van der Waals surface area contributed by atoms with E-state index in [0.717, 1.165) is 17.7 Å². The number of nitrogens with zero attached hydrogens (tertiary/aromatic N) is 3. The molecule has 0 radical (unpaired) electrons. The predicted molar refractivity (Wildman–Crippen MR) is 114 cm³/mol. The highest BCUT2D eigenvalue weighted by atomic mass is 16.6. The number of benzene rings is 2. The monoisotopic (exact) mass is 398 g/mol. The SMILES string of the molecule is CCOc1ccc(CCCC(=O)N/N=C\c2ccc(N(C)C)c([N+](=O)[O-])c2)cc1. The fourth-order valence-electron chi connectivity index (χ4n) is 2.75. The van der Waals surface area contributed by atoms with Gasteiger partial charge < -0.3 is 9.64 Å². The highest BCUT2D eigenvalue weighted by Crippen LogP contribution is 2.27. The number of rotatable bonds is 10. The number of aryl methyl sites for hydroxylation is 1. The van der Waals surface area contributed by atoms with Gasteiger partial charge in [-0.25, -0.2) is 5.43 Å². The molecule has 0 aliphatic heterocycles. The highest BCUT2D eigenvalue weighted by Gasteiger charge is 2.15. The molecule has 8 heteroatoms. The average molecular weight is 398 g/mol. The lowest BCUT2D eigenvalue weighted by Crippen LogP contribution is -2.17. The summed E-state index contributed by atoms with van der Waals surface area (Å²) in [5.41, 5.74) is 4.63. The lowest BCUT2D eigenvalue weighted by Gasteiger charge is -2.12. The number of ether oxygens (including phenoxy) is 1. The molecule has 0 aliphatic carbocycles. The Bertz CT molecular complexity index is 863. The van der Waals surface area contributed by atoms with E-state index in [9.17, 15) is 14.9 Å². The van der Waals surface area contributed by atoms with Gasteiger partial charge in [0.1, 0.15) is 11.4 Å². The Labute approximate surface area is 170 Å². The average Bonchev–Trinajstić information content (AvgIpc) is 2.69. The highest BCUT2D eigenvalue weighted by molar-refractivity contribution is 5.84. The van der Waals surface area contributed by atoms with E-state index in [4.69, 9.17) is 4.74 Å².